The van der Waals surface area contributed by atoms with Crippen molar-refractivity contribution in [1.29, 1.82) is 0 Å². The van der Waals surface area contributed by atoms with Crippen LogP contribution in [0, 0.1) is 0 Å². The number of ether oxygens (including phenoxy) is 1. The molecule has 0 bridgehead atoms. The summed E-state index contributed by atoms with van der Waals surface area (Å²) in [4.78, 5) is 0. The van der Waals surface area contributed by atoms with Crippen LogP contribution in [0.1, 0.15) is 0 Å². The summed E-state index contributed by atoms with van der Waals surface area (Å²) >= 11 is 0. The topological polar surface area (TPSA) is 9.23 Å². The summed E-state index contributed by atoms with van der Waals surface area (Å²) < 4.78 is 6.47. The van der Waals surface area contributed by atoms with Crippen LogP contribution in [0.5, 0.6) is 11.5 Å². The first-order valence-electron chi connectivity index (χ1n) is 16.8. The molecule has 0 N–H and O–H groups in total. The third-order valence-corrected chi connectivity index (χ3v) is 10.1. The Balaban J connectivity index is 1.15. The van der Waals surface area contributed by atoms with Gasteiger partial charge in [0.05, 0.1) is 0 Å². The van der Waals surface area contributed by atoms with Gasteiger partial charge in [0.25, 0.3) is 0 Å². The molecule has 0 spiro atoms. The molecule has 1 heteroatoms. The third-order valence-electron chi connectivity index (χ3n) is 10.1. The van der Waals surface area contributed by atoms with Crippen molar-refractivity contribution in [1.82, 2.24) is 0 Å². The highest BCUT2D eigenvalue weighted by Crippen LogP contribution is 2.50. The molecule has 49 heavy (non-hydrogen) atoms. The van der Waals surface area contributed by atoms with Crippen LogP contribution in [0.2, 0.25) is 0 Å². The van der Waals surface area contributed by atoms with E-state index in [9.17, 15) is 0 Å². The molecule has 10 rings (SSSR count). The largest absolute Gasteiger partial charge is 0.456 e. The Bertz CT molecular complexity index is 2660. The number of hydrogen-bond donors (Lipinski definition) is 0. The predicted molar refractivity (Wildman–Crippen MR) is 206 cm³/mol. The van der Waals surface area contributed by atoms with E-state index in [0.717, 1.165) is 17.1 Å². The van der Waals surface area contributed by atoms with Gasteiger partial charge in [-0.2, -0.15) is 0 Å². The third kappa shape index (κ3) is 4.40. The van der Waals surface area contributed by atoms with Crippen LogP contribution in [0.25, 0.3) is 88.0 Å². The molecule has 1 aliphatic heterocycles. The van der Waals surface area contributed by atoms with Gasteiger partial charge in [-0.25, -0.2) is 0 Å². The van der Waals surface area contributed by atoms with E-state index < -0.39 is 0 Å². The molecule has 1 heterocycles. The number of benzene rings is 9. The predicted octanol–water partition coefficient (Wildman–Crippen LogP) is 13.6. The lowest BCUT2D eigenvalue weighted by Crippen LogP contribution is -1.97. The van der Waals surface area contributed by atoms with Crippen molar-refractivity contribution in [2.45, 2.75) is 0 Å². The number of hydrogen-bond acceptors (Lipinski definition) is 1. The fraction of sp³-hybridized carbons (Fsp3) is 0. The lowest BCUT2D eigenvalue weighted by Gasteiger charge is -2.23. The van der Waals surface area contributed by atoms with Gasteiger partial charge in [0.2, 0.25) is 0 Å². The van der Waals surface area contributed by atoms with Gasteiger partial charge >= 0.3 is 0 Å². The van der Waals surface area contributed by atoms with Gasteiger partial charge in [-0.05, 0) is 95.2 Å². The lowest BCUT2D eigenvalue weighted by atomic mass is 9.84. The van der Waals surface area contributed by atoms with E-state index in [4.69, 9.17) is 4.74 Å². The molecule has 9 aromatic rings. The molecule has 9 aromatic carbocycles. The lowest BCUT2D eigenvalue weighted by molar-refractivity contribution is 0.487. The van der Waals surface area contributed by atoms with Crippen molar-refractivity contribution in [3.8, 4) is 67.1 Å². The Morgan fingerprint density at radius 3 is 1.43 bits per heavy atom. The van der Waals surface area contributed by atoms with Crippen molar-refractivity contribution in [2.75, 3.05) is 0 Å². The zero-order valence-corrected chi connectivity index (χ0v) is 26.7. The van der Waals surface area contributed by atoms with Crippen LogP contribution < -0.4 is 4.74 Å². The van der Waals surface area contributed by atoms with Crippen LogP contribution in [-0.4, -0.2) is 0 Å². The fourth-order valence-corrected chi connectivity index (χ4v) is 7.89. The Kier molecular flexibility index (Phi) is 6.25. The monoisotopic (exact) mass is 622 g/mol. The summed E-state index contributed by atoms with van der Waals surface area (Å²) in [5.74, 6) is 1.82. The van der Waals surface area contributed by atoms with Gasteiger partial charge in [0.1, 0.15) is 11.5 Å². The van der Waals surface area contributed by atoms with Gasteiger partial charge < -0.3 is 4.74 Å². The summed E-state index contributed by atoms with van der Waals surface area (Å²) in [5.41, 5.74) is 12.2. The minimum Gasteiger partial charge on any atom is -0.456 e. The van der Waals surface area contributed by atoms with E-state index in [-0.39, 0.29) is 0 Å². The highest BCUT2D eigenvalue weighted by molar-refractivity contribution is 6.21. The zero-order valence-electron chi connectivity index (χ0n) is 26.7. The van der Waals surface area contributed by atoms with E-state index in [2.05, 4.69) is 182 Å². The maximum absolute atomic E-state index is 6.47. The normalized spacial score (nSPS) is 11.8. The first-order valence-corrected chi connectivity index (χ1v) is 16.8. The molecule has 0 saturated heterocycles. The first kappa shape index (κ1) is 27.7. The Labute approximate surface area is 285 Å². The van der Waals surface area contributed by atoms with Crippen molar-refractivity contribution < 1.29 is 4.74 Å². The quantitative estimate of drug-likeness (QED) is 0.177. The smallest absolute Gasteiger partial charge is 0.135 e. The minimum absolute atomic E-state index is 0.897. The molecule has 0 saturated carbocycles. The van der Waals surface area contributed by atoms with Crippen molar-refractivity contribution in [3.05, 3.63) is 182 Å². The van der Waals surface area contributed by atoms with Gasteiger partial charge in [0, 0.05) is 10.9 Å². The molecule has 0 aliphatic carbocycles. The SMILES string of the molecule is c1ccc(-c2ccccc2-c2ccc(-c3c4ccccc4c(-c4ccc5c(c4)-c4cccc6cccc(c46)O5)c4ccccc34)cc2)cc1. The second kappa shape index (κ2) is 11.1. The molecule has 0 unspecified atom stereocenters. The van der Waals surface area contributed by atoms with E-state index >= 15 is 0 Å². The molecule has 0 radical (unpaired) electrons. The van der Waals surface area contributed by atoms with E-state index in [0.29, 0.717) is 0 Å². The second-order valence-corrected chi connectivity index (χ2v) is 12.8. The molecule has 0 atom stereocenters. The Hall–Kier alpha value is -6.44. The molecule has 1 aliphatic rings. The maximum atomic E-state index is 6.47. The van der Waals surface area contributed by atoms with Crippen molar-refractivity contribution >= 4 is 32.3 Å². The molecular weight excluding hydrogens is 593 g/mol. The first-order chi connectivity index (χ1) is 24.3. The van der Waals surface area contributed by atoms with Crippen molar-refractivity contribution in [3.63, 3.8) is 0 Å². The summed E-state index contributed by atoms with van der Waals surface area (Å²) in [7, 11) is 0. The Morgan fingerprint density at radius 2 is 0.776 bits per heavy atom. The van der Waals surface area contributed by atoms with Crippen molar-refractivity contribution in [2.24, 2.45) is 0 Å². The van der Waals surface area contributed by atoms with E-state index in [1.165, 1.54) is 82.4 Å². The molecular formula is C48H30O. The Morgan fingerprint density at radius 1 is 0.286 bits per heavy atom. The summed E-state index contributed by atoms with van der Waals surface area (Å²) in [5, 5.41) is 7.34. The molecule has 1 nitrogen and oxygen atoms in total. The summed E-state index contributed by atoms with van der Waals surface area (Å²) in [6, 6.07) is 65.7. The second-order valence-electron chi connectivity index (χ2n) is 12.8. The van der Waals surface area contributed by atoms with Gasteiger partial charge in [-0.1, -0.05) is 164 Å². The fourth-order valence-electron chi connectivity index (χ4n) is 7.89. The molecule has 0 amide bonds. The maximum Gasteiger partial charge on any atom is 0.135 e. The highest BCUT2D eigenvalue weighted by Gasteiger charge is 2.22. The zero-order chi connectivity index (χ0) is 32.3. The van der Waals surface area contributed by atoms with Crippen LogP contribution in [-0.2, 0) is 0 Å². The summed E-state index contributed by atoms with van der Waals surface area (Å²) in [6.07, 6.45) is 0. The van der Waals surface area contributed by atoms with Crippen LogP contribution in [0.3, 0.4) is 0 Å². The van der Waals surface area contributed by atoms with Gasteiger partial charge in [0.15, 0.2) is 0 Å². The van der Waals surface area contributed by atoms with Crippen LogP contribution in [0.4, 0.5) is 0 Å². The minimum atomic E-state index is 0.897. The van der Waals surface area contributed by atoms with Crippen LogP contribution >= 0.6 is 0 Å². The average Bonchev–Trinajstić information content (AvgIpc) is 3.17. The molecule has 228 valence electrons. The van der Waals surface area contributed by atoms with E-state index in [1.54, 1.807) is 0 Å². The van der Waals surface area contributed by atoms with Gasteiger partial charge in [-0.3, -0.25) is 0 Å². The average molecular weight is 623 g/mol. The molecule has 0 aromatic heterocycles. The number of fused-ring (bicyclic) bond motifs is 4. The standard InChI is InChI=1S/C48H30O/c1-2-12-31(13-3-1)36-16-4-5-17-37(36)32-24-26-34(27-25-32)46-38-18-6-8-20-40(38)47(41-21-9-7-19-39(41)46)35-28-29-44-43(30-35)42-22-10-14-33-15-11-23-45(49-44)48(33)42/h1-30H. The van der Waals surface area contributed by atoms with E-state index in [1.807, 2.05) is 0 Å². The molecule has 0 fully saturated rings. The van der Waals surface area contributed by atoms with Gasteiger partial charge in [-0.15, -0.1) is 0 Å². The van der Waals surface area contributed by atoms with Crippen LogP contribution in [0.15, 0.2) is 182 Å². The summed E-state index contributed by atoms with van der Waals surface area (Å²) in [6.45, 7) is 0. The highest BCUT2D eigenvalue weighted by atomic mass is 16.5. The number of rotatable bonds is 4.